The molecule has 2 unspecified atom stereocenters. The molecule has 1 aromatic carbocycles. The Morgan fingerprint density at radius 3 is 2.28 bits per heavy atom. The maximum absolute atomic E-state index is 13.0. The Labute approximate surface area is 148 Å². The summed E-state index contributed by atoms with van der Waals surface area (Å²) in [5.74, 6) is 2.84. The van der Waals surface area contributed by atoms with E-state index in [1.54, 1.807) is 14.2 Å². The van der Waals surface area contributed by atoms with Gasteiger partial charge in [0.25, 0.3) is 0 Å². The van der Waals surface area contributed by atoms with Crippen molar-refractivity contribution in [3.63, 3.8) is 0 Å². The van der Waals surface area contributed by atoms with E-state index in [-0.39, 0.29) is 17.4 Å². The molecule has 25 heavy (non-hydrogen) atoms. The summed E-state index contributed by atoms with van der Waals surface area (Å²) in [4.78, 5) is 13.0. The van der Waals surface area contributed by atoms with Gasteiger partial charge in [0.1, 0.15) is 11.5 Å². The van der Waals surface area contributed by atoms with Gasteiger partial charge in [-0.05, 0) is 67.6 Å². The highest BCUT2D eigenvalue weighted by atomic mass is 16.5. The average molecular weight is 345 g/mol. The molecule has 1 amide bonds. The van der Waals surface area contributed by atoms with E-state index in [0.29, 0.717) is 24.3 Å². The summed E-state index contributed by atoms with van der Waals surface area (Å²) < 4.78 is 10.6. The van der Waals surface area contributed by atoms with Crippen LogP contribution in [0, 0.1) is 23.2 Å². The fourth-order valence-corrected chi connectivity index (χ4v) is 5.61. The van der Waals surface area contributed by atoms with Crippen LogP contribution in [0.4, 0.5) is 0 Å². The van der Waals surface area contributed by atoms with E-state index in [1.165, 1.54) is 0 Å². The molecule has 0 heterocycles. The predicted molar refractivity (Wildman–Crippen MR) is 93.4 cm³/mol. The van der Waals surface area contributed by atoms with E-state index < -0.39 is 0 Å². The molecule has 0 aromatic heterocycles. The Bertz CT molecular complexity index is 635. The third-order valence-corrected chi connectivity index (χ3v) is 6.57. The van der Waals surface area contributed by atoms with Crippen molar-refractivity contribution in [1.29, 1.82) is 0 Å². The molecular formula is C20H27NO4. The van der Waals surface area contributed by atoms with Gasteiger partial charge in [0.15, 0.2) is 0 Å². The molecule has 0 saturated heterocycles. The maximum Gasteiger partial charge on any atom is 0.226 e. The van der Waals surface area contributed by atoms with Crippen molar-refractivity contribution in [3.8, 4) is 11.5 Å². The summed E-state index contributed by atoms with van der Waals surface area (Å²) in [6.07, 6.45) is 4.67. The van der Waals surface area contributed by atoms with Gasteiger partial charge in [0.2, 0.25) is 5.91 Å². The van der Waals surface area contributed by atoms with E-state index >= 15 is 0 Å². The van der Waals surface area contributed by atoms with Gasteiger partial charge < -0.3 is 19.9 Å². The van der Waals surface area contributed by atoms with Crippen molar-refractivity contribution in [2.24, 2.45) is 23.2 Å². The fraction of sp³-hybridized carbons (Fsp3) is 0.650. The minimum absolute atomic E-state index is 0.153. The van der Waals surface area contributed by atoms with Gasteiger partial charge in [-0.15, -0.1) is 0 Å². The van der Waals surface area contributed by atoms with Gasteiger partial charge in [-0.25, -0.2) is 0 Å². The van der Waals surface area contributed by atoms with Gasteiger partial charge in [-0.2, -0.15) is 0 Å². The lowest BCUT2D eigenvalue weighted by Crippen LogP contribution is -2.58. The second kappa shape index (κ2) is 6.20. The number of aliphatic hydroxyl groups is 1. The standard InChI is InChI=1S/C20H27NO4/c1-24-16-5-13(6-17(7-16)25-2)11-21-19(23)20-8-12-3-14(9-20)18(22)15(4-12)10-20/h5-7,12,14-15,18,22H,3-4,8-11H2,1-2H3,(H,21,23). The molecule has 5 heteroatoms. The third kappa shape index (κ3) is 2.88. The van der Waals surface area contributed by atoms with Crippen molar-refractivity contribution in [1.82, 2.24) is 5.32 Å². The minimum Gasteiger partial charge on any atom is -0.497 e. The molecule has 0 aliphatic heterocycles. The SMILES string of the molecule is COc1cc(CNC(=O)C23CC4CC(C2)C(O)C(C4)C3)cc(OC)c1. The Balaban J connectivity index is 1.46. The largest absolute Gasteiger partial charge is 0.497 e. The molecule has 0 spiro atoms. The summed E-state index contributed by atoms with van der Waals surface area (Å²) in [6, 6.07) is 5.67. The Morgan fingerprint density at radius 2 is 1.72 bits per heavy atom. The highest BCUT2D eigenvalue weighted by molar-refractivity contribution is 5.83. The molecule has 1 aromatic rings. The first-order chi connectivity index (χ1) is 12.0. The molecule has 136 valence electrons. The van der Waals surface area contributed by atoms with Crippen LogP contribution in [0.3, 0.4) is 0 Å². The molecule has 2 atom stereocenters. The lowest BCUT2D eigenvalue weighted by Gasteiger charge is -2.57. The number of amides is 1. The zero-order valence-corrected chi connectivity index (χ0v) is 15.0. The van der Waals surface area contributed by atoms with E-state index in [1.807, 2.05) is 18.2 Å². The summed E-state index contributed by atoms with van der Waals surface area (Å²) in [5, 5.41) is 13.5. The first-order valence-electron chi connectivity index (χ1n) is 9.21. The lowest BCUT2D eigenvalue weighted by molar-refractivity contribution is -0.163. The van der Waals surface area contributed by atoms with E-state index in [2.05, 4.69) is 5.32 Å². The van der Waals surface area contributed by atoms with Crippen LogP contribution in [0.5, 0.6) is 11.5 Å². The second-order valence-corrected chi connectivity index (χ2v) is 8.14. The quantitative estimate of drug-likeness (QED) is 0.860. The van der Waals surface area contributed by atoms with Crippen molar-refractivity contribution >= 4 is 5.91 Å². The van der Waals surface area contributed by atoms with E-state index in [9.17, 15) is 9.90 Å². The Kier molecular flexibility index (Phi) is 4.14. The molecule has 4 aliphatic carbocycles. The number of nitrogens with one attached hydrogen (secondary N) is 1. The second-order valence-electron chi connectivity index (χ2n) is 8.14. The predicted octanol–water partition coefficient (Wildman–Crippen LogP) is 2.51. The Morgan fingerprint density at radius 1 is 1.12 bits per heavy atom. The normalized spacial score (nSPS) is 35.5. The number of ether oxygens (including phenoxy) is 2. The molecule has 2 N–H and O–H groups in total. The third-order valence-electron chi connectivity index (χ3n) is 6.57. The molecule has 0 radical (unpaired) electrons. The smallest absolute Gasteiger partial charge is 0.226 e. The molecule has 4 aliphatic rings. The zero-order chi connectivity index (χ0) is 17.6. The summed E-state index contributed by atoms with van der Waals surface area (Å²) in [5.41, 5.74) is 0.702. The van der Waals surface area contributed by atoms with Crippen molar-refractivity contribution in [2.75, 3.05) is 14.2 Å². The molecule has 4 saturated carbocycles. The summed E-state index contributed by atoms with van der Waals surface area (Å²) in [6.45, 7) is 0.469. The summed E-state index contributed by atoms with van der Waals surface area (Å²) in [7, 11) is 3.25. The maximum atomic E-state index is 13.0. The van der Waals surface area contributed by atoms with Crippen molar-refractivity contribution < 1.29 is 19.4 Å². The monoisotopic (exact) mass is 345 g/mol. The van der Waals surface area contributed by atoms with E-state index in [4.69, 9.17) is 9.47 Å². The number of carbonyl (C=O) groups is 1. The van der Waals surface area contributed by atoms with Crippen LogP contribution in [0.1, 0.15) is 37.7 Å². The van der Waals surface area contributed by atoms with Gasteiger partial charge in [-0.3, -0.25) is 4.79 Å². The zero-order valence-electron chi connectivity index (χ0n) is 15.0. The average Bonchev–Trinajstić information content (AvgIpc) is 2.62. The van der Waals surface area contributed by atoms with Crippen LogP contribution in [-0.2, 0) is 11.3 Å². The van der Waals surface area contributed by atoms with Gasteiger partial charge in [0.05, 0.1) is 25.7 Å². The molecule has 4 bridgehead atoms. The fourth-order valence-electron chi connectivity index (χ4n) is 5.61. The van der Waals surface area contributed by atoms with Crippen LogP contribution in [0.15, 0.2) is 18.2 Å². The highest BCUT2D eigenvalue weighted by Crippen LogP contribution is 2.60. The van der Waals surface area contributed by atoms with Gasteiger partial charge in [0, 0.05) is 12.6 Å². The van der Waals surface area contributed by atoms with Gasteiger partial charge in [-0.1, -0.05) is 0 Å². The number of hydrogen-bond acceptors (Lipinski definition) is 4. The van der Waals surface area contributed by atoms with Gasteiger partial charge >= 0.3 is 0 Å². The lowest BCUT2D eigenvalue weighted by atomic mass is 9.48. The highest BCUT2D eigenvalue weighted by Gasteiger charge is 2.57. The van der Waals surface area contributed by atoms with Crippen LogP contribution in [-0.4, -0.2) is 31.3 Å². The van der Waals surface area contributed by atoms with E-state index in [0.717, 1.165) is 49.2 Å². The number of methoxy groups -OCH3 is 2. The number of aliphatic hydroxyl groups excluding tert-OH is 1. The summed E-state index contributed by atoms with van der Waals surface area (Å²) >= 11 is 0. The van der Waals surface area contributed by atoms with Crippen LogP contribution in [0.25, 0.3) is 0 Å². The number of carbonyl (C=O) groups excluding carboxylic acids is 1. The molecule has 5 rings (SSSR count). The molecule has 4 fully saturated rings. The first kappa shape index (κ1) is 16.7. The van der Waals surface area contributed by atoms with Crippen LogP contribution in [0.2, 0.25) is 0 Å². The minimum atomic E-state index is -0.265. The van der Waals surface area contributed by atoms with Crippen molar-refractivity contribution in [3.05, 3.63) is 23.8 Å². The number of hydrogen-bond donors (Lipinski definition) is 2. The number of benzene rings is 1. The van der Waals surface area contributed by atoms with Crippen molar-refractivity contribution in [2.45, 2.75) is 44.8 Å². The van der Waals surface area contributed by atoms with Crippen LogP contribution < -0.4 is 14.8 Å². The first-order valence-corrected chi connectivity index (χ1v) is 9.21. The Hall–Kier alpha value is -1.75. The number of rotatable bonds is 5. The molecule has 5 nitrogen and oxygen atoms in total. The topological polar surface area (TPSA) is 67.8 Å². The van der Waals surface area contributed by atoms with Crippen LogP contribution >= 0.6 is 0 Å². The molecular weight excluding hydrogens is 318 g/mol.